The van der Waals surface area contributed by atoms with E-state index in [0.717, 1.165) is 0 Å². The van der Waals surface area contributed by atoms with E-state index in [0.29, 0.717) is 10.0 Å². The van der Waals surface area contributed by atoms with Crippen molar-refractivity contribution in [3.8, 4) is 0 Å². The molecule has 0 saturated carbocycles. The third kappa shape index (κ3) is 3.78. The third-order valence-corrected chi connectivity index (χ3v) is 3.15. The summed E-state index contributed by atoms with van der Waals surface area (Å²) in [5.41, 5.74) is 0.352. The van der Waals surface area contributed by atoms with E-state index in [1.807, 2.05) is 13.8 Å². The number of hydrogen-bond donors (Lipinski definition) is 2. The molecule has 5 heteroatoms. The molecule has 3 nitrogen and oxygen atoms in total. The summed E-state index contributed by atoms with van der Waals surface area (Å²) in [5.74, 6) is -0.608. The van der Waals surface area contributed by atoms with Crippen LogP contribution in [0.2, 0.25) is 0 Å². The minimum atomic E-state index is -0.406. The molecule has 0 aliphatic carbocycles. The molecule has 2 N–H and O–H groups in total. The Balaban J connectivity index is 2.82. The van der Waals surface area contributed by atoms with Crippen molar-refractivity contribution in [2.45, 2.75) is 19.9 Å². The van der Waals surface area contributed by atoms with Crippen LogP contribution in [0.15, 0.2) is 22.7 Å². The van der Waals surface area contributed by atoms with E-state index in [2.05, 4.69) is 21.2 Å². The molecule has 1 aromatic rings. The number of rotatable bonds is 4. The minimum absolute atomic E-state index is 0.123. The molecule has 0 bridgehead atoms. The summed E-state index contributed by atoms with van der Waals surface area (Å²) in [7, 11) is 0. The summed E-state index contributed by atoms with van der Waals surface area (Å²) in [6, 6.07) is 3.56. The number of benzene rings is 1. The molecule has 0 aliphatic rings. The van der Waals surface area contributed by atoms with Crippen molar-refractivity contribution in [2.75, 3.05) is 6.61 Å². The van der Waals surface area contributed by atoms with Gasteiger partial charge in [-0.2, -0.15) is 0 Å². The number of nitrogens with one attached hydrogen (secondary N) is 1. The highest BCUT2D eigenvalue weighted by Gasteiger charge is 2.17. The Morgan fingerprint density at radius 2 is 2.18 bits per heavy atom. The molecule has 0 unspecified atom stereocenters. The van der Waals surface area contributed by atoms with Crippen LogP contribution >= 0.6 is 15.9 Å². The highest BCUT2D eigenvalue weighted by atomic mass is 79.9. The second-order valence-corrected chi connectivity index (χ2v) is 4.99. The zero-order valence-electron chi connectivity index (χ0n) is 9.71. The Labute approximate surface area is 108 Å². The van der Waals surface area contributed by atoms with Gasteiger partial charge in [-0.3, -0.25) is 4.79 Å². The molecule has 94 valence electrons. The maximum Gasteiger partial charge on any atom is 0.252 e. The van der Waals surface area contributed by atoms with E-state index >= 15 is 0 Å². The van der Waals surface area contributed by atoms with Gasteiger partial charge in [-0.05, 0) is 40.0 Å². The molecule has 0 fully saturated rings. The molecule has 1 amide bonds. The summed E-state index contributed by atoms with van der Waals surface area (Å²) in [5, 5.41) is 11.8. The number of amides is 1. The van der Waals surface area contributed by atoms with Crippen LogP contribution in [0.1, 0.15) is 24.2 Å². The standard InChI is InChI=1S/C12H15BrFNO2/c1-7(2)11(6-16)15-12(17)9-4-3-8(14)5-10(9)13/h3-5,7,11,16H,6H2,1-2H3,(H,15,17)/t11-/m1/s1. The Kier molecular flexibility index (Phi) is 5.08. The van der Waals surface area contributed by atoms with Gasteiger partial charge in [0, 0.05) is 4.47 Å². The van der Waals surface area contributed by atoms with E-state index < -0.39 is 5.82 Å². The van der Waals surface area contributed by atoms with E-state index in [4.69, 9.17) is 5.11 Å². The predicted molar refractivity (Wildman–Crippen MR) is 67.3 cm³/mol. The molecular formula is C12H15BrFNO2. The van der Waals surface area contributed by atoms with Crippen molar-refractivity contribution in [1.82, 2.24) is 5.32 Å². The summed E-state index contributed by atoms with van der Waals surface area (Å²) in [6.45, 7) is 3.68. The van der Waals surface area contributed by atoms with Gasteiger partial charge < -0.3 is 10.4 Å². The number of aliphatic hydroxyl groups excluding tert-OH is 1. The summed E-state index contributed by atoms with van der Waals surface area (Å²) >= 11 is 3.13. The van der Waals surface area contributed by atoms with Gasteiger partial charge in [0.05, 0.1) is 18.2 Å². The topological polar surface area (TPSA) is 49.3 Å². The molecule has 0 aromatic heterocycles. The molecule has 1 aromatic carbocycles. The lowest BCUT2D eigenvalue weighted by atomic mass is 10.0. The van der Waals surface area contributed by atoms with Crippen molar-refractivity contribution >= 4 is 21.8 Å². The average molecular weight is 304 g/mol. The maximum absolute atomic E-state index is 12.9. The monoisotopic (exact) mass is 303 g/mol. The van der Waals surface area contributed by atoms with Crippen molar-refractivity contribution in [2.24, 2.45) is 5.92 Å². The fourth-order valence-corrected chi connectivity index (χ4v) is 1.87. The first-order valence-electron chi connectivity index (χ1n) is 5.32. The lowest BCUT2D eigenvalue weighted by molar-refractivity contribution is 0.0896. The number of aliphatic hydroxyl groups is 1. The maximum atomic E-state index is 12.9. The zero-order chi connectivity index (χ0) is 13.0. The number of hydrogen-bond acceptors (Lipinski definition) is 2. The molecule has 0 heterocycles. The van der Waals surface area contributed by atoms with E-state index in [-0.39, 0.29) is 24.5 Å². The van der Waals surface area contributed by atoms with Gasteiger partial charge in [0.25, 0.3) is 5.91 Å². The highest BCUT2D eigenvalue weighted by Crippen LogP contribution is 2.18. The zero-order valence-corrected chi connectivity index (χ0v) is 11.3. The van der Waals surface area contributed by atoms with Gasteiger partial charge >= 0.3 is 0 Å². The predicted octanol–water partition coefficient (Wildman–Crippen LogP) is 2.33. The number of carbonyl (C=O) groups is 1. The van der Waals surface area contributed by atoms with Crippen LogP contribution in [0.4, 0.5) is 4.39 Å². The molecule has 0 aliphatic heterocycles. The first kappa shape index (κ1) is 14.1. The van der Waals surface area contributed by atoms with Crippen LogP contribution in [0.3, 0.4) is 0 Å². The Bertz CT molecular complexity index is 409. The second kappa shape index (κ2) is 6.12. The summed E-state index contributed by atoms with van der Waals surface area (Å²) in [4.78, 5) is 11.9. The molecule has 17 heavy (non-hydrogen) atoms. The Hall–Kier alpha value is -0.940. The number of carbonyl (C=O) groups excluding carboxylic acids is 1. The van der Waals surface area contributed by atoms with Crippen LogP contribution < -0.4 is 5.32 Å². The fraction of sp³-hybridized carbons (Fsp3) is 0.417. The molecular weight excluding hydrogens is 289 g/mol. The van der Waals surface area contributed by atoms with Crippen molar-refractivity contribution in [1.29, 1.82) is 0 Å². The normalized spacial score (nSPS) is 12.6. The third-order valence-electron chi connectivity index (χ3n) is 2.49. The number of halogens is 2. The highest BCUT2D eigenvalue weighted by molar-refractivity contribution is 9.10. The minimum Gasteiger partial charge on any atom is -0.394 e. The summed E-state index contributed by atoms with van der Waals surface area (Å²) < 4.78 is 13.3. The Morgan fingerprint density at radius 1 is 1.53 bits per heavy atom. The van der Waals surface area contributed by atoms with Crippen molar-refractivity contribution in [3.63, 3.8) is 0 Å². The Morgan fingerprint density at radius 3 is 2.65 bits per heavy atom. The SMILES string of the molecule is CC(C)[C@@H](CO)NC(=O)c1ccc(F)cc1Br. The van der Waals surface area contributed by atoms with Gasteiger partial charge in [-0.15, -0.1) is 0 Å². The largest absolute Gasteiger partial charge is 0.394 e. The first-order valence-corrected chi connectivity index (χ1v) is 6.11. The van der Waals surface area contributed by atoms with Crippen molar-refractivity contribution in [3.05, 3.63) is 34.1 Å². The van der Waals surface area contributed by atoms with Crippen LogP contribution in [0.25, 0.3) is 0 Å². The van der Waals surface area contributed by atoms with Crippen molar-refractivity contribution < 1.29 is 14.3 Å². The summed E-state index contributed by atoms with van der Waals surface area (Å²) in [6.07, 6.45) is 0. The molecule has 0 spiro atoms. The van der Waals surface area contributed by atoms with E-state index in [9.17, 15) is 9.18 Å². The van der Waals surface area contributed by atoms with Gasteiger partial charge in [0.2, 0.25) is 0 Å². The van der Waals surface area contributed by atoms with Crippen LogP contribution in [0, 0.1) is 11.7 Å². The van der Waals surface area contributed by atoms with Crippen LogP contribution in [-0.4, -0.2) is 23.7 Å². The first-order chi connectivity index (χ1) is 7.95. The smallest absolute Gasteiger partial charge is 0.252 e. The van der Waals surface area contributed by atoms with Crippen LogP contribution in [-0.2, 0) is 0 Å². The lowest BCUT2D eigenvalue weighted by Gasteiger charge is -2.20. The quantitative estimate of drug-likeness (QED) is 0.897. The van der Waals surface area contributed by atoms with Gasteiger partial charge in [-0.1, -0.05) is 13.8 Å². The molecule has 1 rings (SSSR count). The van der Waals surface area contributed by atoms with E-state index in [1.165, 1.54) is 18.2 Å². The van der Waals surface area contributed by atoms with Gasteiger partial charge in [0.15, 0.2) is 0 Å². The van der Waals surface area contributed by atoms with Crippen LogP contribution in [0.5, 0.6) is 0 Å². The fourth-order valence-electron chi connectivity index (χ4n) is 1.34. The van der Waals surface area contributed by atoms with E-state index in [1.54, 1.807) is 0 Å². The second-order valence-electron chi connectivity index (χ2n) is 4.13. The lowest BCUT2D eigenvalue weighted by Crippen LogP contribution is -2.41. The average Bonchev–Trinajstić information content (AvgIpc) is 2.24. The molecule has 0 saturated heterocycles. The molecule has 1 atom stereocenters. The van der Waals surface area contributed by atoms with Gasteiger partial charge in [0.1, 0.15) is 5.82 Å². The molecule has 0 radical (unpaired) electrons. The van der Waals surface area contributed by atoms with Gasteiger partial charge in [-0.25, -0.2) is 4.39 Å².